The lowest BCUT2D eigenvalue weighted by Gasteiger charge is -1.99. The molecule has 0 atom stereocenters. The quantitative estimate of drug-likeness (QED) is 0.669. The van der Waals surface area contributed by atoms with E-state index in [0.29, 0.717) is 0 Å². The number of aromatic nitrogens is 1. The predicted octanol–water partition coefficient (Wildman–Crippen LogP) is 3.00. The Morgan fingerprint density at radius 2 is 2.35 bits per heavy atom. The van der Waals surface area contributed by atoms with E-state index >= 15 is 0 Å². The fourth-order valence-electron chi connectivity index (χ4n) is 1.61. The number of hydrogen-bond donors (Lipinski definition) is 1. The van der Waals surface area contributed by atoms with Crippen molar-refractivity contribution in [3.05, 3.63) is 36.0 Å². The molecule has 0 aliphatic rings. The summed E-state index contributed by atoms with van der Waals surface area (Å²) in [5.74, 6) is 0.682. The second kappa shape index (κ2) is 5.06. The zero-order chi connectivity index (χ0) is 12.3. The van der Waals surface area contributed by atoms with Gasteiger partial charge in [0.15, 0.2) is 5.78 Å². The van der Waals surface area contributed by atoms with E-state index in [4.69, 9.17) is 16.3 Å². The second-order valence-corrected chi connectivity index (χ2v) is 3.86. The summed E-state index contributed by atoms with van der Waals surface area (Å²) in [7, 11) is 1.63. The van der Waals surface area contributed by atoms with Crippen LogP contribution in [0.5, 0.6) is 5.75 Å². The highest BCUT2D eigenvalue weighted by atomic mass is 35.5. The molecule has 0 bridgehead atoms. The second-order valence-electron chi connectivity index (χ2n) is 3.59. The van der Waals surface area contributed by atoms with E-state index in [1.54, 1.807) is 13.2 Å². The smallest absolute Gasteiger partial charge is 0.170 e. The average molecular weight is 250 g/mol. The standard InChI is InChI=1S/C13H12ClNO2/c1-17-11-4-5-13-12(6-11)9(8-15-13)2-3-10(16)7-14/h2-6,8,15H,7H2,1H3. The first-order valence-corrected chi connectivity index (χ1v) is 5.70. The van der Waals surface area contributed by atoms with Crippen molar-refractivity contribution in [2.24, 2.45) is 0 Å². The van der Waals surface area contributed by atoms with Crippen LogP contribution in [0.2, 0.25) is 0 Å². The molecule has 88 valence electrons. The van der Waals surface area contributed by atoms with E-state index in [1.165, 1.54) is 6.08 Å². The summed E-state index contributed by atoms with van der Waals surface area (Å²) in [6.07, 6.45) is 5.08. The van der Waals surface area contributed by atoms with Gasteiger partial charge in [-0.05, 0) is 30.4 Å². The van der Waals surface area contributed by atoms with Crippen LogP contribution in [-0.4, -0.2) is 23.8 Å². The van der Waals surface area contributed by atoms with E-state index < -0.39 is 0 Å². The number of ketones is 1. The first-order chi connectivity index (χ1) is 8.24. The first-order valence-electron chi connectivity index (χ1n) is 5.16. The van der Waals surface area contributed by atoms with Crippen molar-refractivity contribution in [1.82, 2.24) is 4.98 Å². The molecule has 0 saturated heterocycles. The molecule has 1 aromatic carbocycles. The number of fused-ring (bicyclic) bond motifs is 1. The number of allylic oxidation sites excluding steroid dienone is 1. The third-order valence-electron chi connectivity index (χ3n) is 2.50. The number of nitrogens with one attached hydrogen (secondary N) is 1. The molecule has 0 fully saturated rings. The molecule has 0 spiro atoms. The van der Waals surface area contributed by atoms with Gasteiger partial charge in [-0.3, -0.25) is 4.79 Å². The van der Waals surface area contributed by atoms with E-state index in [2.05, 4.69) is 4.98 Å². The van der Waals surface area contributed by atoms with Gasteiger partial charge in [-0.25, -0.2) is 0 Å². The number of H-pyrrole nitrogens is 1. The number of carbonyl (C=O) groups excluding carboxylic acids is 1. The van der Waals surface area contributed by atoms with Gasteiger partial charge < -0.3 is 9.72 Å². The van der Waals surface area contributed by atoms with E-state index in [1.807, 2.05) is 24.4 Å². The summed E-state index contributed by atoms with van der Waals surface area (Å²) in [6, 6.07) is 5.75. The number of ether oxygens (including phenoxy) is 1. The fraction of sp³-hybridized carbons (Fsp3) is 0.154. The van der Waals surface area contributed by atoms with Crippen LogP contribution < -0.4 is 4.74 Å². The number of methoxy groups -OCH3 is 1. The zero-order valence-electron chi connectivity index (χ0n) is 9.37. The molecule has 2 aromatic rings. The minimum Gasteiger partial charge on any atom is -0.497 e. The topological polar surface area (TPSA) is 42.1 Å². The van der Waals surface area contributed by atoms with Crippen molar-refractivity contribution in [3.8, 4) is 5.75 Å². The highest BCUT2D eigenvalue weighted by molar-refractivity contribution is 6.29. The van der Waals surface area contributed by atoms with Gasteiger partial charge in [-0.2, -0.15) is 0 Å². The monoisotopic (exact) mass is 249 g/mol. The summed E-state index contributed by atoms with van der Waals surface area (Å²) in [5.41, 5.74) is 1.95. The van der Waals surface area contributed by atoms with Gasteiger partial charge >= 0.3 is 0 Å². The van der Waals surface area contributed by atoms with E-state index in [0.717, 1.165) is 22.2 Å². The van der Waals surface area contributed by atoms with Crippen molar-refractivity contribution >= 4 is 34.4 Å². The number of carbonyl (C=O) groups is 1. The molecule has 17 heavy (non-hydrogen) atoms. The minimum atomic E-state index is -0.107. The average Bonchev–Trinajstić information content (AvgIpc) is 2.78. The Kier molecular flexibility index (Phi) is 3.49. The largest absolute Gasteiger partial charge is 0.497 e. The third-order valence-corrected chi connectivity index (χ3v) is 2.76. The molecular formula is C13H12ClNO2. The lowest BCUT2D eigenvalue weighted by Crippen LogP contribution is -1.91. The van der Waals surface area contributed by atoms with Gasteiger partial charge in [0.1, 0.15) is 5.75 Å². The normalized spacial score (nSPS) is 11.2. The molecule has 0 amide bonds. The molecule has 1 N–H and O–H groups in total. The Hall–Kier alpha value is -1.74. The van der Waals surface area contributed by atoms with E-state index in [-0.39, 0.29) is 11.7 Å². The minimum absolute atomic E-state index is 0.00216. The van der Waals surface area contributed by atoms with Crippen LogP contribution in [-0.2, 0) is 4.79 Å². The molecule has 1 heterocycles. The van der Waals surface area contributed by atoms with E-state index in [9.17, 15) is 4.79 Å². The molecule has 0 unspecified atom stereocenters. The van der Waals surface area contributed by atoms with Crippen LogP contribution in [0.4, 0.5) is 0 Å². The summed E-state index contributed by atoms with van der Waals surface area (Å²) in [6.45, 7) is 0. The molecule has 1 aromatic heterocycles. The highest BCUT2D eigenvalue weighted by Gasteiger charge is 2.03. The SMILES string of the molecule is COc1ccc2[nH]cc(C=CC(=O)CCl)c2c1. The van der Waals surface area contributed by atoms with Gasteiger partial charge in [-0.1, -0.05) is 0 Å². The number of halogens is 1. The van der Waals surface area contributed by atoms with Gasteiger partial charge in [-0.15, -0.1) is 11.6 Å². The molecule has 0 aliphatic heterocycles. The number of alkyl halides is 1. The van der Waals surface area contributed by atoms with Gasteiger partial charge in [0.25, 0.3) is 0 Å². The van der Waals surface area contributed by atoms with Crippen molar-refractivity contribution in [2.45, 2.75) is 0 Å². The third kappa shape index (κ3) is 2.50. The molecule has 0 radical (unpaired) electrons. The van der Waals surface area contributed by atoms with Crippen molar-refractivity contribution in [3.63, 3.8) is 0 Å². The Morgan fingerprint density at radius 3 is 3.06 bits per heavy atom. The Morgan fingerprint density at radius 1 is 1.53 bits per heavy atom. The fourth-order valence-corrected chi connectivity index (χ4v) is 1.70. The molecule has 2 rings (SSSR count). The number of benzene rings is 1. The maximum absolute atomic E-state index is 11.1. The predicted molar refractivity (Wildman–Crippen MR) is 69.6 cm³/mol. The molecule has 3 nitrogen and oxygen atoms in total. The maximum Gasteiger partial charge on any atom is 0.170 e. The van der Waals surface area contributed by atoms with Crippen molar-refractivity contribution < 1.29 is 9.53 Å². The van der Waals surface area contributed by atoms with Crippen molar-refractivity contribution in [1.29, 1.82) is 0 Å². The number of hydrogen-bond acceptors (Lipinski definition) is 2. The summed E-state index contributed by atoms with van der Waals surface area (Å²) in [5, 5.41) is 1.02. The Bertz CT molecular complexity index is 572. The Labute approximate surface area is 104 Å². The molecule has 0 saturated carbocycles. The van der Waals surface area contributed by atoms with Crippen molar-refractivity contribution in [2.75, 3.05) is 13.0 Å². The first kappa shape index (κ1) is 11.7. The summed E-state index contributed by atoms with van der Waals surface area (Å²) < 4.78 is 5.17. The van der Waals surface area contributed by atoms with Crippen LogP contribution in [0.3, 0.4) is 0 Å². The highest BCUT2D eigenvalue weighted by Crippen LogP contribution is 2.24. The van der Waals surface area contributed by atoms with Crippen LogP contribution in [0.1, 0.15) is 5.56 Å². The van der Waals surface area contributed by atoms with Gasteiger partial charge in [0, 0.05) is 22.7 Å². The number of rotatable bonds is 4. The molecule has 4 heteroatoms. The zero-order valence-corrected chi connectivity index (χ0v) is 10.1. The summed E-state index contributed by atoms with van der Waals surface area (Å²) >= 11 is 5.43. The lowest BCUT2D eigenvalue weighted by atomic mass is 10.1. The van der Waals surface area contributed by atoms with Crippen LogP contribution in [0.15, 0.2) is 30.5 Å². The Balaban J connectivity index is 2.40. The van der Waals surface area contributed by atoms with Crippen LogP contribution in [0, 0.1) is 0 Å². The molecular weight excluding hydrogens is 238 g/mol. The van der Waals surface area contributed by atoms with Gasteiger partial charge in [0.05, 0.1) is 13.0 Å². The van der Waals surface area contributed by atoms with Crippen LogP contribution in [0.25, 0.3) is 17.0 Å². The van der Waals surface area contributed by atoms with Crippen LogP contribution >= 0.6 is 11.6 Å². The number of aromatic amines is 1. The lowest BCUT2D eigenvalue weighted by molar-refractivity contribution is -0.112. The summed E-state index contributed by atoms with van der Waals surface area (Å²) in [4.78, 5) is 14.2. The maximum atomic E-state index is 11.1. The van der Waals surface area contributed by atoms with Gasteiger partial charge in [0.2, 0.25) is 0 Å². The molecule has 0 aliphatic carbocycles.